The number of piperazine rings is 1. The van der Waals surface area contributed by atoms with E-state index in [0.29, 0.717) is 18.6 Å². The van der Waals surface area contributed by atoms with Crippen LogP contribution in [-0.2, 0) is 6.54 Å². The summed E-state index contributed by atoms with van der Waals surface area (Å²) in [6.07, 6.45) is 2.33. The van der Waals surface area contributed by atoms with E-state index in [-0.39, 0.29) is 11.2 Å². The van der Waals surface area contributed by atoms with Crippen molar-refractivity contribution in [2.75, 3.05) is 13.1 Å². The predicted molar refractivity (Wildman–Crippen MR) is 86.8 cm³/mol. The van der Waals surface area contributed by atoms with Gasteiger partial charge in [-0.2, -0.15) is 0 Å². The van der Waals surface area contributed by atoms with Crippen molar-refractivity contribution in [2.24, 2.45) is 5.41 Å². The van der Waals surface area contributed by atoms with Crippen LogP contribution >= 0.6 is 0 Å². The Morgan fingerprint density at radius 2 is 2.00 bits per heavy atom. The highest BCUT2D eigenvalue weighted by Gasteiger charge is 2.33. The Balaban J connectivity index is 2.12. The number of hydrogen-bond acceptors (Lipinski definition) is 2. The Hall–Kier alpha value is -0.930. The minimum Gasteiger partial charge on any atom is -0.311 e. The zero-order valence-electron chi connectivity index (χ0n) is 13.8. The number of nitrogens with zero attached hydrogens (tertiary/aromatic N) is 1. The summed E-state index contributed by atoms with van der Waals surface area (Å²) in [6, 6.07) is 8.13. The lowest BCUT2D eigenvalue weighted by molar-refractivity contribution is 0.0739. The van der Waals surface area contributed by atoms with Crippen LogP contribution in [0.2, 0.25) is 0 Å². The molecule has 21 heavy (non-hydrogen) atoms. The Bertz CT molecular complexity index is 453. The van der Waals surface area contributed by atoms with Crippen molar-refractivity contribution in [1.82, 2.24) is 10.2 Å². The maximum absolute atomic E-state index is 13.9. The fourth-order valence-electron chi connectivity index (χ4n) is 3.09. The summed E-state index contributed by atoms with van der Waals surface area (Å²) in [4.78, 5) is 2.47. The molecular formula is C18H29FN2. The van der Waals surface area contributed by atoms with Crippen molar-refractivity contribution in [3.05, 3.63) is 35.6 Å². The number of benzene rings is 1. The fraction of sp³-hybridized carbons (Fsp3) is 0.667. The first-order valence-electron chi connectivity index (χ1n) is 8.12. The van der Waals surface area contributed by atoms with Gasteiger partial charge in [0.25, 0.3) is 0 Å². The van der Waals surface area contributed by atoms with Gasteiger partial charge in [0, 0.05) is 37.3 Å². The van der Waals surface area contributed by atoms with Crippen LogP contribution in [0.25, 0.3) is 0 Å². The summed E-state index contributed by atoms with van der Waals surface area (Å²) in [5, 5.41) is 3.69. The molecule has 1 heterocycles. The second-order valence-corrected chi connectivity index (χ2v) is 7.29. The first kappa shape index (κ1) is 16.4. The molecule has 1 aromatic carbocycles. The van der Waals surface area contributed by atoms with Crippen LogP contribution in [0.3, 0.4) is 0 Å². The average molecular weight is 292 g/mol. The normalized spacial score (nSPS) is 24.2. The lowest BCUT2D eigenvalue weighted by atomic mass is 9.84. The van der Waals surface area contributed by atoms with E-state index in [9.17, 15) is 4.39 Å². The van der Waals surface area contributed by atoms with E-state index < -0.39 is 0 Å². The largest absolute Gasteiger partial charge is 0.311 e. The molecule has 2 unspecified atom stereocenters. The summed E-state index contributed by atoms with van der Waals surface area (Å²) in [6.45, 7) is 11.7. The summed E-state index contributed by atoms with van der Waals surface area (Å²) in [5.41, 5.74) is 1.04. The molecule has 0 aliphatic carbocycles. The minimum atomic E-state index is -0.0846. The van der Waals surface area contributed by atoms with Gasteiger partial charge in [0.05, 0.1) is 0 Å². The molecule has 1 saturated heterocycles. The highest BCUT2D eigenvalue weighted by atomic mass is 19.1. The van der Waals surface area contributed by atoms with Crippen LogP contribution in [0, 0.1) is 11.2 Å². The van der Waals surface area contributed by atoms with E-state index in [1.165, 1.54) is 6.42 Å². The van der Waals surface area contributed by atoms with E-state index in [1.807, 2.05) is 12.1 Å². The molecule has 2 rings (SSSR count). The lowest BCUT2D eigenvalue weighted by Crippen LogP contribution is -2.59. The van der Waals surface area contributed by atoms with Crippen molar-refractivity contribution < 1.29 is 4.39 Å². The van der Waals surface area contributed by atoms with Crippen LogP contribution in [0.5, 0.6) is 0 Å². The zero-order chi connectivity index (χ0) is 15.5. The second-order valence-electron chi connectivity index (χ2n) is 7.29. The van der Waals surface area contributed by atoms with Crippen molar-refractivity contribution in [1.29, 1.82) is 0 Å². The molecule has 1 aliphatic heterocycles. The van der Waals surface area contributed by atoms with Crippen molar-refractivity contribution in [3.63, 3.8) is 0 Å². The molecule has 0 aromatic heterocycles. The Morgan fingerprint density at radius 3 is 2.62 bits per heavy atom. The zero-order valence-corrected chi connectivity index (χ0v) is 13.8. The van der Waals surface area contributed by atoms with E-state index in [4.69, 9.17) is 0 Å². The minimum absolute atomic E-state index is 0.0846. The SMILES string of the molecule is CCCC1CNC(C(C)(C)C)CN1Cc1ccccc1F. The van der Waals surface area contributed by atoms with Crippen LogP contribution in [0.4, 0.5) is 4.39 Å². The van der Waals surface area contributed by atoms with Crippen LogP contribution in [-0.4, -0.2) is 30.1 Å². The van der Waals surface area contributed by atoms with E-state index in [0.717, 1.165) is 25.1 Å². The van der Waals surface area contributed by atoms with Gasteiger partial charge in [0.1, 0.15) is 5.82 Å². The Kier molecular flexibility index (Phi) is 5.39. The predicted octanol–water partition coefficient (Wildman–Crippen LogP) is 3.81. The third-order valence-corrected chi connectivity index (χ3v) is 4.53. The molecule has 0 bridgehead atoms. The highest BCUT2D eigenvalue weighted by Crippen LogP contribution is 2.26. The molecule has 2 nitrogen and oxygen atoms in total. The smallest absolute Gasteiger partial charge is 0.127 e. The Morgan fingerprint density at radius 1 is 1.29 bits per heavy atom. The maximum atomic E-state index is 13.9. The van der Waals surface area contributed by atoms with Gasteiger partial charge in [-0.05, 0) is 17.9 Å². The number of halogens is 1. The number of rotatable bonds is 4. The maximum Gasteiger partial charge on any atom is 0.127 e. The molecule has 2 atom stereocenters. The third kappa shape index (κ3) is 4.27. The molecule has 1 N–H and O–H groups in total. The van der Waals surface area contributed by atoms with Crippen molar-refractivity contribution in [2.45, 2.75) is 59.2 Å². The van der Waals surface area contributed by atoms with Crippen LogP contribution in [0.15, 0.2) is 24.3 Å². The van der Waals surface area contributed by atoms with Gasteiger partial charge in [-0.3, -0.25) is 4.90 Å². The van der Waals surface area contributed by atoms with Gasteiger partial charge in [-0.1, -0.05) is 52.3 Å². The Labute approximate surface area is 128 Å². The first-order chi connectivity index (χ1) is 9.91. The lowest BCUT2D eigenvalue weighted by Gasteiger charge is -2.45. The fourth-order valence-corrected chi connectivity index (χ4v) is 3.09. The molecule has 0 saturated carbocycles. The van der Waals surface area contributed by atoms with Gasteiger partial charge in [-0.15, -0.1) is 0 Å². The molecule has 118 valence electrons. The van der Waals surface area contributed by atoms with Gasteiger partial charge in [0.2, 0.25) is 0 Å². The third-order valence-electron chi connectivity index (χ3n) is 4.53. The molecule has 1 fully saturated rings. The molecule has 1 aromatic rings. The van der Waals surface area contributed by atoms with Gasteiger partial charge in [-0.25, -0.2) is 4.39 Å². The quantitative estimate of drug-likeness (QED) is 0.907. The first-order valence-corrected chi connectivity index (χ1v) is 8.12. The van der Waals surface area contributed by atoms with Crippen molar-refractivity contribution in [3.8, 4) is 0 Å². The summed E-state index contributed by atoms with van der Waals surface area (Å²) < 4.78 is 13.9. The summed E-state index contributed by atoms with van der Waals surface area (Å²) in [7, 11) is 0. The number of nitrogens with one attached hydrogen (secondary N) is 1. The van der Waals surface area contributed by atoms with Gasteiger partial charge in [0.15, 0.2) is 0 Å². The van der Waals surface area contributed by atoms with Gasteiger partial charge >= 0.3 is 0 Å². The molecular weight excluding hydrogens is 263 g/mol. The molecule has 1 aliphatic rings. The number of hydrogen-bond donors (Lipinski definition) is 1. The van der Waals surface area contributed by atoms with E-state index in [2.05, 4.69) is 37.9 Å². The molecule has 0 spiro atoms. The van der Waals surface area contributed by atoms with E-state index in [1.54, 1.807) is 12.1 Å². The van der Waals surface area contributed by atoms with Gasteiger partial charge < -0.3 is 5.32 Å². The molecule has 3 heteroatoms. The standard InChI is InChI=1S/C18H29FN2/c1-5-8-15-11-20-17(18(2,3)4)13-21(15)12-14-9-6-7-10-16(14)19/h6-7,9-10,15,17,20H,5,8,11-13H2,1-4H3. The topological polar surface area (TPSA) is 15.3 Å². The van der Waals surface area contributed by atoms with Crippen LogP contribution in [0.1, 0.15) is 46.1 Å². The van der Waals surface area contributed by atoms with Crippen molar-refractivity contribution >= 4 is 0 Å². The van der Waals surface area contributed by atoms with E-state index >= 15 is 0 Å². The highest BCUT2D eigenvalue weighted by molar-refractivity contribution is 5.17. The summed E-state index contributed by atoms with van der Waals surface area (Å²) >= 11 is 0. The summed E-state index contributed by atoms with van der Waals surface area (Å²) in [5.74, 6) is -0.0846. The molecule has 0 amide bonds. The average Bonchev–Trinajstić information content (AvgIpc) is 2.42. The molecule has 0 radical (unpaired) electrons. The monoisotopic (exact) mass is 292 g/mol. The van der Waals surface area contributed by atoms with Crippen LogP contribution < -0.4 is 5.32 Å². The second kappa shape index (κ2) is 6.89.